The van der Waals surface area contributed by atoms with Crippen LogP contribution in [0, 0.1) is 0 Å². The summed E-state index contributed by atoms with van der Waals surface area (Å²) in [7, 11) is 1.78. The van der Waals surface area contributed by atoms with Crippen LogP contribution in [0.3, 0.4) is 0 Å². The summed E-state index contributed by atoms with van der Waals surface area (Å²) in [6, 6.07) is 2.02. The third-order valence-corrected chi connectivity index (χ3v) is 4.42. The van der Waals surface area contributed by atoms with E-state index in [0.29, 0.717) is 26.2 Å². The number of hydrogen-bond acceptors (Lipinski definition) is 4. The molecule has 2 rings (SSSR count). The SMILES string of the molecule is CN(Cc1csc(Br)c1)C(=O)C1(N)CCOC1. The quantitative estimate of drug-likeness (QED) is 0.920. The summed E-state index contributed by atoms with van der Waals surface area (Å²) < 4.78 is 6.28. The lowest BCUT2D eigenvalue weighted by Gasteiger charge is -2.27. The van der Waals surface area contributed by atoms with E-state index in [0.717, 1.165) is 9.35 Å². The summed E-state index contributed by atoms with van der Waals surface area (Å²) in [5.41, 5.74) is 6.32. The van der Waals surface area contributed by atoms with E-state index in [1.165, 1.54) is 0 Å². The minimum atomic E-state index is -0.831. The molecule has 1 amide bonds. The van der Waals surface area contributed by atoms with Crippen LogP contribution in [0.25, 0.3) is 0 Å². The number of amides is 1. The van der Waals surface area contributed by atoms with Crippen LogP contribution in [0.2, 0.25) is 0 Å². The highest BCUT2D eigenvalue weighted by Gasteiger charge is 2.40. The van der Waals surface area contributed by atoms with E-state index in [9.17, 15) is 4.79 Å². The Kier molecular flexibility index (Phi) is 3.87. The second-order valence-corrected chi connectivity index (χ2v) is 6.67. The van der Waals surface area contributed by atoms with Crippen LogP contribution in [0.5, 0.6) is 0 Å². The molecule has 0 bridgehead atoms. The zero-order valence-electron chi connectivity index (χ0n) is 9.61. The minimum absolute atomic E-state index is 0.0441. The predicted octanol–water partition coefficient (Wildman–Crippen LogP) is 1.59. The minimum Gasteiger partial charge on any atom is -0.379 e. The Balaban J connectivity index is 2.00. The number of rotatable bonds is 3. The van der Waals surface area contributed by atoms with E-state index in [1.807, 2.05) is 11.4 Å². The van der Waals surface area contributed by atoms with Crippen molar-refractivity contribution >= 4 is 33.2 Å². The number of halogens is 1. The standard InChI is InChI=1S/C11H15BrN2O2S/c1-14(5-8-4-9(12)17-6-8)10(15)11(13)2-3-16-7-11/h4,6H,2-3,5,7,13H2,1H3. The van der Waals surface area contributed by atoms with E-state index < -0.39 is 5.54 Å². The first kappa shape index (κ1) is 13.0. The molecule has 1 saturated heterocycles. The first-order chi connectivity index (χ1) is 8.01. The van der Waals surface area contributed by atoms with Gasteiger partial charge in [0.2, 0.25) is 5.91 Å². The Morgan fingerprint density at radius 3 is 3.06 bits per heavy atom. The molecule has 1 aromatic heterocycles. The molecule has 0 saturated carbocycles. The maximum atomic E-state index is 12.2. The number of thiophene rings is 1. The summed E-state index contributed by atoms with van der Waals surface area (Å²) in [6.07, 6.45) is 0.601. The van der Waals surface area contributed by atoms with Gasteiger partial charge in [0.15, 0.2) is 0 Å². The van der Waals surface area contributed by atoms with Crippen molar-refractivity contribution in [3.63, 3.8) is 0 Å². The molecular formula is C11H15BrN2O2S. The molecular weight excluding hydrogens is 304 g/mol. The first-order valence-corrected chi connectivity index (χ1v) is 7.04. The molecule has 1 fully saturated rings. The van der Waals surface area contributed by atoms with Crippen LogP contribution in [-0.2, 0) is 16.1 Å². The van der Waals surface area contributed by atoms with Crippen molar-refractivity contribution in [2.45, 2.75) is 18.5 Å². The van der Waals surface area contributed by atoms with Gasteiger partial charge in [0.05, 0.1) is 10.4 Å². The topological polar surface area (TPSA) is 55.6 Å². The lowest BCUT2D eigenvalue weighted by atomic mass is 9.98. The fourth-order valence-electron chi connectivity index (χ4n) is 1.90. The van der Waals surface area contributed by atoms with Gasteiger partial charge in [-0.2, -0.15) is 0 Å². The molecule has 1 atom stereocenters. The van der Waals surface area contributed by atoms with E-state index >= 15 is 0 Å². The van der Waals surface area contributed by atoms with Gasteiger partial charge in [0.1, 0.15) is 5.54 Å². The molecule has 6 heteroatoms. The summed E-state index contributed by atoms with van der Waals surface area (Å²) in [6.45, 7) is 1.48. The Labute approximate surface area is 113 Å². The average molecular weight is 319 g/mol. The van der Waals surface area contributed by atoms with Crippen molar-refractivity contribution in [3.8, 4) is 0 Å². The fraction of sp³-hybridized carbons (Fsp3) is 0.545. The molecule has 2 heterocycles. The highest BCUT2D eigenvalue weighted by atomic mass is 79.9. The van der Waals surface area contributed by atoms with Crippen molar-refractivity contribution in [2.24, 2.45) is 5.73 Å². The summed E-state index contributed by atoms with van der Waals surface area (Å²) in [5.74, 6) is -0.0441. The highest BCUT2D eigenvalue weighted by molar-refractivity contribution is 9.11. The maximum Gasteiger partial charge on any atom is 0.245 e. The molecule has 0 aromatic carbocycles. The van der Waals surface area contributed by atoms with E-state index in [1.54, 1.807) is 23.3 Å². The zero-order chi connectivity index (χ0) is 12.5. The molecule has 1 aromatic rings. The molecule has 0 radical (unpaired) electrons. The van der Waals surface area contributed by atoms with Gasteiger partial charge < -0.3 is 15.4 Å². The number of carbonyl (C=O) groups is 1. The predicted molar refractivity (Wildman–Crippen MR) is 70.8 cm³/mol. The Morgan fingerprint density at radius 1 is 1.76 bits per heavy atom. The first-order valence-electron chi connectivity index (χ1n) is 5.36. The van der Waals surface area contributed by atoms with Crippen molar-refractivity contribution in [1.29, 1.82) is 0 Å². The van der Waals surface area contributed by atoms with Gasteiger partial charge >= 0.3 is 0 Å². The second-order valence-electron chi connectivity index (χ2n) is 4.38. The van der Waals surface area contributed by atoms with Crippen LogP contribution in [0.4, 0.5) is 0 Å². The number of nitrogens with zero attached hydrogens (tertiary/aromatic N) is 1. The van der Waals surface area contributed by atoms with Gasteiger partial charge in [-0.05, 0) is 39.4 Å². The normalized spacial score (nSPS) is 23.9. The maximum absolute atomic E-state index is 12.2. The van der Waals surface area contributed by atoms with Crippen LogP contribution < -0.4 is 5.73 Å². The van der Waals surface area contributed by atoms with Crippen molar-refractivity contribution in [2.75, 3.05) is 20.3 Å². The van der Waals surface area contributed by atoms with Crippen LogP contribution in [-0.4, -0.2) is 36.6 Å². The van der Waals surface area contributed by atoms with Crippen LogP contribution in [0.15, 0.2) is 15.2 Å². The Morgan fingerprint density at radius 2 is 2.53 bits per heavy atom. The third-order valence-electron chi connectivity index (χ3n) is 2.87. The summed E-state index contributed by atoms with van der Waals surface area (Å²) in [4.78, 5) is 13.9. The Hall–Kier alpha value is -0.430. The van der Waals surface area contributed by atoms with E-state index in [-0.39, 0.29) is 5.91 Å². The van der Waals surface area contributed by atoms with Crippen molar-refractivity contribution in [1.82, 2.24) is 4.90 Å². The molecule has 0 aliphatic carbocycles. The monoisotopic (exact) mass is 318 g/mol. The van der Waals surface area contributed by atoms with Gasteiger partial charge in [0.25, 0.3) is 0 Å². The van der Waals surface area contributed by atoms with Gasteiger partial charge in [-0.25, -0.2) is 0 Å². The molecule has 2 N–H and O–H groups in total. The zero-order valence-corrected chi connectivity index (χ0v) is 12.0. The van der Waals surface area contributed by atoms with Crippen molar-refractivity contribution in [3.05, 3.63) is 20.8 Å². The third kappa shape index (κ3) is 2.88. The van der Waals surface area contributed by atoms with E-state index in [4.69, 9.17) is 10.5 Å². The number of ether oxygens (including phenoxy) is 1. The van der Waals surface area contributed by atoms with Gasteiger partial charge in [0, 0.05) is 20.2 Å². The summed E-state index contributed by atoms with van der Waals surface area (Å²) in [5, 5.41) is 2.03. The Bertz CT molecular complexity index is 415. The van der Waals surface area contributed by atoms with Crippen LogP contribution in [0.1, 0.15) is 12.0 Å². The molecule has 1 aliphatic heterocycles. The molecule has 1 unspecified atom stereocenters. The lowest BCUT2D eigenvalue weighted by molar-refractivity contribution is -0.136. The largest absolute Gasteiger partial charge is 0.379 e. The van der Waals surface area contributed by atoms with Gasteiger partial charge in [-0.1, -0.05) is 0 Å². The number of hydrogen-bond donors (Lipinski definition) is 1. The second kappa shape index (κ2) is 5.06. The number of carbonyl (C=O) groups excluding carboxylic acids is 1. The van der Waals surface area contributed by atoms with Crippen molar-refractivity contribution < 1.29 is 9.53 Å². The van der Waals surface area contributed by atoms with Crippen LogP contribution >= 0.6 is 27.3 Å². The molecule has 0 spiro atoms. The lowest BCUT2D eigenvalue weighted by Crippen LogP contribution is -2.54. The number of nitrogens with two attached hydrogens (primary N) is 1. The molecule has 94 valence electrons. The average Bonchev–Trinajstić information content (AvgIpc) is 2.88. The molecule has 17 heavy (non-hydrogen) atoms. The van der Waals surface area contributed by atoms with Gasteiger partial charge in [-0.15, -0.1) is 11.3 Å². The highest BCUT2D eigenvalue weighted by Crippen LogP contribution is 2.23. The van der Waals surface area contributed by atoms with Gasteiger partial charge in [-0.3, -0.25) is 4.79 Å². The molecule has 4 nitrogen and oxygen atoms in total. The summed E-state index contributed by atoms with van der Waals surface area (Å²) >= 11 is 5.02. The number of likely N-dealkylation sites (N-methyl/N-ethyl adjacent to an activating group) is 1. The van der Waals surface area contributed by atoms with E-state index in [2.05, 4.69) is 15.9 Å². The smallest absolute Gasteiger partial charge is 0.245 e. The fourth-order valence-corrected chi connectivity index (χ4v) is 3.10. The molecule has 1 aliphatic rings.